The predicted octanol–water partition coefficient (Wildman–Crippen LogP) is 2.16. The Bertz CT molecular complexity index is 307. The van der Waals surface area contributed by atoms with E-state index in [9.17, 15) is 9.59 Å². The van der Waals surface area contributed by atoms with Gasteiger partial charge in [-0.2, -0.15) is 0 Å². The van der Waals surface area contributed by atoms with Crippen LogP contribution < -0.4 is 5.32 Å². The van der Waals surface area contributed by atoms with Crippen molar-refractivity contribution in [2.75, 3.05) is 20.2 Å². The minimum atomic E-state index is -0.412. The second-order valence-electron chi connectivity index (χ2n) is 5.23. The summed E-state index contributed by atoms with van der Waals surface area (Å²) >= 11 is 0. The number of unbranched alkanes of at least 4 members (excludes halogenated alkanes) is 1. The van der Waals surface area contributed by atoms with E-state index in [0.717, 1.165) is 25.8 Å². The molecule has 0 aromatic rings. The molecule has 1 N–H and O–H groups in total. The Hall–Kier alpha value is -1.26. The summed E-state index contributed by atoms with van der Waals surface area (Å²) in [6.45, 7) is 5.47. The molecule has 0 bridgehead atoms. The number of nitrogens with zero attached hydrogens (tertiary/aromatic N) is 1. The lowest BCUT2D eigenvalue weighted by Gasteiger charge is -2.38. The maximum Gasteiger partial charge on any atom is 0.407 e. The summed E-state index contributed by atoms with van der Waals surface area (Å²) < 4.78 is 4.64. The third-order valence-electron chi connectivity index (χ3n) is 3.67. The first-order chi connectivity index (χ1) is 9.10. The van der Waals surface area contributed by atoms with Crippen LogP contribution in [0.25, 0.3) is 0 Å². The minimum absolute atomic E-state index is 0.0126. The summed E-state index contributed by atoms with van der Waals surface area (Å²) in [6, 6.07) is 0.0126. The van der Waals surface area contributed by atoms with Gasteiger partial charge in [-0.05, 0) is 18.8 Å². The lowest BCUT2D eigenvalue weighted by Crippen LogP contribution is -2.52. The Balaban J connectivity index is 2.60. The fraction of sp³-hybridized carbons (Fsp3) is 0.857. The number of likely N-dealkylation sites (tertiary alicyclic amines) is 1. The topological polar surface area (TPSA) is 58.6 Å². The largest absolute Gasteiger partial charge is 0.453 e. The van der Waals surface area contributed by atoms with E-state index in [0.29, 0.717) is 18.9 Å². The van der Waals surface area contributed by atoms with Crippen LogP contribution in [0.3, 0.4) is 0 Å². The van der Waals surface area contributed by atoms with Crippen LogP contribution >= 0.6 is 0 Å². The molecular weight excluding hydrogens is 244 g/mol. The number of methoxy groups -OCH3 is 1. The molecule has 0 saturated carbocycles. The molecule has 0 spiro atoms. The van der Waals surface area contributed by atoms with E-state index in [2.05, 4.69) is 17.0 Å². The third kappa shape index (κ3) is 5.09. The number of nitrogens with one attached hydrogen (secondary N) is 1. The first-order valence-electron chi connectivity index (χ1n) is 7.22. The van der Waals surface area contributed by atoms with Gasteiger partial charge in [-0.15, -0.1) is 0 Å². The molecule has 2 atom stereocenters. The molecule has 0 aromatic carbocycles. The van der Waals surface area contributed by atoms with Gasteiger partial charge in [0.05, 0.1) is 13.2 Å². The molecule has 1 heterocycles. The highest BCUT2D eigenvalue weighted by Crippen LogP contribution is 2.22. The van der Waals surface area contributed by atoms with Crippen molar-refractivity contribution in [3.63, 3.8) is 0 Å². The summed E-state index contributed by atoms with van der Waals surface area (Å²) in [5.74, 6) is 0.643. The highest BCUT2D eigenvalue weighted by atomic mass is 16.5. The zero-order valence-corrected chi connectivity index (χ0v) is 12.3. The Kier molecular flexibility index (Phi) is 6.67. The minimum Gasteiger partial charge on any atom is -0.453 e. The number of hydrogen-bond acceptors (Lipinski definition) is 3. The molecule has 0 aromatic heterocycles. The maximum atomic E-state index is 11.9. The average molecular weight is 270 g/mol. The highest BCUT2D eigenvalue weighted by molar-refractivity contribution is 5.76. The number of hydrogen-bond donors (Lipinski definition) is 1. The molecule has 0 radical (unpaired) electrons. The van der Waals surface area contributed by atoms with Crippen molar-refractivity contribution in [3.05, 3.63) is 0 Å². The predicted molar refractivity (Wildman–Crippen MR) is 73.8 cm³/mol. The fourth-order valence-electron chi connectivity index (χ4n) is 2.66. The lowest BCUT2D eigenvalue weighted by atomic mass is 9.90. The van der Waals surface area contributed by atoms with Crippen LogP contribution in [0, 0.1) is 5.92 Å². The van der Waals surface area contributed by atoms with Crippen molar-refractivity contribution < 1.29 is 14.3 Å². The van der Waals surface area contributed by atoms with Crippen molar-refractivity contribution in [1.82, 2.24) is 10.2 Å². The van der Waals surface area contributed by atoms with E-state index in [-0.39, 0.29) is 11.9 Å². The number of ether oxygens (including phenoxy) is 1. The Morgan fingerprint density at radius 1 is 1.32 bits per heavy atom. The number of carbonyl (C=O) groups is 2. The molecule has 110 valence electrons. The number of carbonyl (C=O) groups excluding carboxylic acids is 2. The van der Waals surface area contributed by atoms with E-state index in [1.54, 1.807) is 0 Å². The van der Waals surface area contributed by atoms with Gasteiger partial charge >= 0.3 is 6.09 Å². The van der Waals surface area contributed by atoms with Crippen LogP contribution in [0.1, 0.15) is 46.0 Å². The average Bonchev–Trinajstić information content (AvgIpc) is 2.43. The monoisotopic (exact) mass is 270 g/mol. The summed E-state index contributed by atoms with van der Waals surface area (Å²) in [6.07, 6.45) is 4.49. The number of piperidine rings is 1. The van der Waals surface area contributed by atoms with Crippen molar-refractivity contribution in [2.45, 2.75) is 52.0 Å². The molecule has 1 aliphatic rings. The smallest absolute Gasteiger partial charge is 0.407 e. The van der Waals surface area contributed by atoms with Gasteiger partial charge in [0.25, 0.3) is 0 Å². The number of rotatable bonds is 5. The van der Waals surface area contributed by atoms with E-state index >= 15 is 0 Å². The lowest BCUT2D eigenvalue weighted by molar-refractivity contribution is -0.133. The van der Waals surface area contributed by atoms with Crippen LogP contribution in [0.4, 0.5) is 4.79 Å². The molecule has 1 fully saturated rings. The molecular formula is C14H26N2O3. The van der Waals surface area contributed by atoms with E-state index in [1.165, 1.54) is 13.5 Å². The second-order valence-corrected chi connectivity index (χ2v) is 5.23. The maximum absolute atomic E-state index is 11.9. The van der Waals surface area contributed by atoms with Crippen molar-refractivity contribution >= 4 is 12.0 Å². The Morgan fingerprint density at radius 2 is 2.05 bits per heavy atom. The molecule has 2 unspecified atom stereocenters. The number of alkyl carbamates (subject to hydrolysis) is 1. The van der Waals surface area contributed by atoms with Gasteiger partial charge in [0.2, 0.25) is 5.91 Å². The Labute approximate surface area is 115 Å². The zero-order valence-electron chi connectivity index (χ0n) is 12.3. The first-order valence-corrected chi connectivity index (χ1v) is 7.22. The molecule has 1 rings (SSSR count). The highest BCUT2D eigenvalue weighted by Gasteiger charge is 2.29. The van der Waals surface area contributed by atoms with Gasteiger partial charge in [-0.25, -0.2) is 4.79 Å². The molecule has 2 amide bonds. The second kappa shape index (κ2) is 8.02. The molecule has 0 aliphatic carbocycles. The number of amides is 2. The third-order valence-corrected chi connectivity index (χ3v) is 3.67. The van der Waals surface area contributed by atoms with Gasteiger partial charge in [0, 0.05) is 19.5 Å². The van der Waals surface area contributed by atoms with Crippen LogP contribution in [0.15, 0.2) is 0 Å². The van der Waals surface area contributed by atoms with Crippen LogP contribution in [0.2, 0.25) is 0 Å². The summed E-state index contributed by atoms with van der Waals surface area (Å²) in [4.78, 5) is 25.1. The van der Waals surface area contributed by atoms with Crippen LogP contribution in [-0.4, -0.2) is 43.1 Å². The quantitative estimate of drug-likeness (QED) is 0.833. The van der Waals surface area contributed by atoms with Crippen molar-refractivity contribution in [1.29, 1.82) is 0 Å². The van der Waals surface area contributed by atoms with E-state index in [4.69, 9.17) is 0 Å². The SMILES string of the molecule is CCCCC1CC(NC(=O)OC)CN(C(=O)CC)C1. The Morgan fingerprint density at radius 3 is 2.63 bits per heavy atom. The molecule has 1 aliphatic heterocycles. The molecule has 5 heteroatoms. The van der Waals surface area contributed by atoms with Crippen LogP contribution in [-0.2, 0) is 9.53 Å². The zero-order chi connectivity index (χ0) is 14.3. The van der Waals surface area contributed by atoms with Gasteiger partial charge in [0.1, 0.15) is 0 Å². The summed E-state index contributed by atoms with van der Waals surface area (Å²) in [5.41, 5.74) is 0. The summed E-state index contributed by atoms with van der Waals surface area (Å²) in [7, 11) is 1.36. The molecule has 1 saturated heterocycles. The van der Waals surface area contributed by atoms with Crippen molar-refractivity contribution in [2.24, 2.45) is 5.92 Å². The van der Waals surface area contributed by atoms with Gasteiger partial charge < -0.3 is 15.0 Å². The fourth-order valence-corrected chi connectivity index (χ4v) is 2.66. The van der Waals surface area contributed by atoms with Crippen LogP contribution in [0.5, 0.6) is 0 Å². The first kappa shape index (κ1) is 15.8. The van der Waals surface area contributed by atoms with Gasteiger partial charge in [0.15, 0.2) is 0 Å². The van der Waals surface area contributed by atoms with Gasteiger partial charge in [-0.1, -0.05) is 26.7 Å². The standard InChI is InChI=1S/C14H26N2O3/c1-4-6-7-11-8-12(15-14(18)19-3)10-16(9-11)13(17)5-2/h11-12H,4-10H2,1-3H3,(H,15,18). The normalized spacial score (nSPS) is 23.0. The van der Waals surface area contributed by atoms with E-state index in [1.807, 2.05) is 11.8 Å². The van der Waals surface area contributed by atoms with Gasteiger partial charge in [-0.3, -0.25) is 4.79 Å². The summed E-state index contributed by atoms with van der Waals surface area (Å²) in [5, 5.41) is 2.83. The molecule has 19 heavy (non-hydrogen) atoms. The van der Waals surface area contributed by atoms with E-state index < -0.39 is 6.09 Å². The van der Waals surface area contributed by atoms with Crippen molar-refractivity contribution in [3.8, 4) is 0 Å². The molecule has 5 nitrogen and oxygen atoms in total.